The van der Waals surface area contributed by atoms with Gasteiger partial charge >= 0.3 is 0 Å². The quantitative estimate of drug-likeness (QED) is 0.269. The highest BCUT2D eigenvalue weighted by Crippen LogP contribution is 2.25. The van der Waals surface area contributed by atoms with Crippen LogP contribution in [0.15, 0.2) is 52.8 Å². The SMILES string of the molecule is Cc1oc2nc1C(=O)N[C@H](C)c1nc(cs1)C(=O)N[C@H](Cc1ccccc1)CN(C(=O)CCCn1cncn1)CC(=O)N[C@H]2C(C)C. The largest absolute Gasteiger partial charge is 0.443 e. The fourth-order valence-electron chi connectivity index (χ4n) is 5.32. The summed E-state index contributed by atoms with van der Waals surface area (Å²) >= 11 is 1.25. The van der Waals surface area contributed by atoms with E-state index in [9.17, 15) is 19.2 Å². The van der Waals surface area contributed by atoms with Crippen LogP contribution in [0.3, 0.4) is 0 Å². The van der Waals surface area contributed by atoms with Crippen molar-refractivity contribution in [2.24, 2.45) is 5.92 Å². The van der Waals surface area contributed by atoms with E-state index >= 15 is 0 Å². The van der Waals surface area contributed by atoms with Gasteiger partial charge in [-0.2, -0.15) is 5.10 Å². The Hall–Kier alpha value is -4.92. The Morgan fingerprint density at radius 1 is 1.09 bits per heavy atom. The minimum Gasteiger partial charge on any atom is -0.443 e. The first-order valence-corrected chi connectivity index (χ1v) is 16.4. The maximum absolute atomic E-state index is 13.7. The van der Waals surface area contributed by atoms with Crippen molar-refractivity contribution < 1.29 is 23.6 Å². The second kappa shape index (κ2) is 15.1. The summed E-state index contributed by atoms with van der Waals surface area (Å²) in [4.78, 5) is 68.4. The third-order valence-electron chi connectivity index (χ3n) is 7.78. The Morgan fingerprint density at radius 3 is 2.60 bits per heavy atom. The van der Waals surface area contributed by atoms with Crippen LogP contribution in [0.25, 0.3) is 0 Å². The first kappa shape index (κ1) is 33.4. The van der Waals surface area contributed by atoms with Crippen LogP contribution in [-0.4, -0.2) is 72.4 Å². The summed E-state index contributed by atoms with van der Waals surface area (Å²) in [5, 5.41) is 15.2. The number of aromatic nitrogens is 5. The number of carbonyl (C=O) groups excluding carboxylic acids is 4. The second-order valence-corrected chi connectivity index (χ2v) is 12.8. The zero-order valence-electron chi connectivity index (χ0n) is 26.8. The van der Waals surface area contributed by atoms with E-state index in [1.165, 1.54) is 22.6 Å². The van der Waals surface area contributed by atoms with Gasteiger partial charge in [-0.05, 0) is 38.2 Å². The third kappa shape index (κ3) is 8.67. The number of oxazole rings is 1. The molecule has 1 aliphatic heterocycles. The minimum absolute atomic E-state index is 0.0776. The first-order valence-electron chi connectivity index (χ1n) is 15.5. The smallest absolute Gasteiger partial charge is 0.274 e. The molecular formula is C32H39N9O5S. The lowest BCUT2D eigenvalue weighted by atomic mass is 10.0. The molecule has 47 heavy (non-hydrogen) atoms. The van der Waals surface area contributed by atoms with Crippen LogP contribution >= 0.6 is 11.3 Å². The Balaban J connectivity index is 1.47. The molecule has 1 aromatic carbocycles. The van der Waals surface area contributed by atoms with Crippen molar-refractivity contribution in [1.82, 2.24) is 45.6 Å². The Bertz CT molecular complexity index is 1690. The summed E-state index contributed by atoms with van der Waals surface area (Å²) in [5.74, 6) is -1.23. The van der Waals surface area contributed by atoms with E-state index in [0.29, 0.717) is 30.2 Å². The lowest BCUT2D eigenvalue weighted by molar-refractivity contribution is -0.137. The van der Waals surface area contributed by atoms with Crippen molar-refractivity contribution in [3.05, 3.63) is 82.0 Å². The van der Waals surface area contributed by atoms with Crippen LogP contribution in [0.2, 0.25) is 0 Å². The molecule has 15 heteroatoms. The molecule has 248 valence electrons. The van der Waals surface area contributed by atoms with Crippen molar-refractivity contribution >= 4 is 35.0 Å². The number of carbonyl (C=O) groups is 4. The summed E-state index contributed by atoms with van der Waals surface area (Å²) in [5.41, 5.74) is 1.23. The monoisotopic (exact) mass is 661 g/mol. The summed E-state index contributed by atoms with van der Waals surface area (Å²) in [6.07, 6.45) is 4.05. The zero-order valence-corrected chi connectivity index (χ0v) is 27.6. The van der Waals surface area contributed by atoms with Crippen LogP contribution in [0.1, 0.15) is 88.9 Å². The van der Waals surface area contributed by atoms with Gasteiger partial charge in [0.05, 0.1) is 18.6 Å². The number of hydrogen-bond acceptors (Lipinski definition) is 10. The first-order chi connectivity index (χ1) is 22.6. The number of nitrogens with one attached hydrogen (secondary N) is 3. The van der Waals surface area contributed by atoms with Gasteiger partial charge in [-0.1, -0.05) is 44.2 Å². The second-order valence-electron chi connectivity index (χ2n) is 11.9. The number of rotatable bonds is 7. The molecule has 3 N–H and O–H groups in total. The van der Waals surface area contributed by atoms with Crippen molar-refractivity contribution in [2.45, 2.75) is 71.6 Å². The van der Waals surface area contributed by atoms with E-state index < -0.39 is 35.8 Å². The van der Waals surface area contributed by atoms with E-state index in [4.69, 9.17) is 4.42 Å². The van der Waals surface area contributed by atoms with Gasteiger partial charge in [0.15, 0.2) is 5.69 Å². The Labute approximate surface area is 276 Å². The number of benzene rings is 1. The number of thiazole rings is 1. The normalized spacial score (nSPS) is 19.5. The van der Waals surface area contributed by atoms with E-state index in [1.807, 2.05) is 44.2 Å². The number of fused-ring (bicyclic) bond motifs is 4. The van der Waals surface area contributed by atoms with Crippen molar-refractivity contribution in [3.8, 4) is 0 Å². The fraction of sp³-hybridized carbons (Fsp3) is 0.438. The van der Waals surface area contributed by atoms with Gasteiger partial charge in [0, 0.05) is 24.9 Å². The van der Waals surface area contributed by atoms with Gasteiger partial charge in [-0.15, -0.1) is 11.3 Å². The number of nitrogens with zero attached hydrogens (tertiary/aromatic N) is 6. The Morgan fingerprint density at radius 2 is 1.87 bits per heavy atom. The molecule has 4 bridgehead atoms. The minimum atomic E-state index is -0.662. The summed E-state index contributed by atoms with van der Waals surface area (Å²) < 4.78 is 7.54. The van der Waals surface area contributed by atoms with E-state index in [0.717, 1.165) is 5.56 Å². The molecule has 0 saturated carbocycles. The molecule has 3 aromatic heterocycles. The highest BCUT2D eigenvalue weighted by molar-refractivity contribution is 7.09. The van der Waals surface area contributed by atoms with Gasteiger partial charge in [0.1, 0.15) is 35.2 Å². The molecule has 4 aromatic rings. The molecule has 0 aliphatic carbocycles. The third-order valence-corrected chi connectivity index (χ3v) is 8.81. The predicted molar refractivity (Wildman–Crippen MR) is 172 cm³/mol. The molecular weight excluding hydrogens is 622 g/mol. The van der Waals surface area contributed by atoms with Crippen LogP contribution in [0, 0.1) is 12.8 Å². The molecule has 0 radical (unpaired) electrons. The van der Waals surface area contributed by atoms with Crippen LogP contribution < -0.4 is 16.0 Å². The molecule has 0 spiro atoms. The molecule has 14 nitrogen and oxygen atoms in total. The lowest BCUT2D eigenvalue weighted by Gasteiger charge is -2.29. The summed E-state index contributed by atoms with van der Waals surface area (Å²) in [7, 11) is 0. The predicted octanol–water partition coefficient (Wildman–Crippen LogP) is 3.00. The molecule has 0 saturated heterocycles. The molecule has 0 unspecified atom stereocenters. The number of aryl methyl sites for hydroxylation is 2. The fourth-order valence-corrected chi connectivity index (χ4v) is 6.13. The molecule has 5 rings (SSSR count). The molecule has 4 heterocycles. The number of hydrogen-bond donors (Lipinski definition) is 3. The van der Waals surface area contributed by atoms with Crippen molar-refractivity contribution in [3.63, 3.8) is 0 Å². The highest BCUT2D eigenvalue weighted by atomic mass is 32.1. The zero-order chi connectivity index (χ0) is 33.5. The maximum atomic E-state index is 13.7. The van der Waals surface area contributed by atoms with Crippen LogP contribution in [-0.2, 0) is 22.6 Å². The average Bonchev–Trinajstić information content (AvgIpc) is 3.81. The molecule has 4 amide bonds. The summed E-state index contributed by atoms with van der Waals surface area (Å²) in [6, 6.07) is 7.88. The van der Waals surface area contributed by atoms with Gasteiger partial charge in [-0.25, -0.2) is 15.0 Å². The van der Waals surface area contributed by atoms with Crippen molar-refractivity contribution in [1.29, 1.82) is 0 Å². The van der Waals surface area contributed by atoms with Crippen LogP contribution in [0.4, 0.5) is 0 Å². The topological polar surface area (TPSA) is 177 Å². The van der Waals surface area contributed by atoms with E-state index in [1.54, 1.807) is 30.2 Å². The van der Waals surface area contributed by atoms with Crippen LogP contribution in [0.5, 0.6) is 0 Å². The van der Waals surface area contributed by atoms with Gasteiger partial charge in [0.2, 0.25) is 17.7 Å². The van der Waals surface area contributed by atoms with Gasteiger partial charge in [0.25, 0.3) is 11.8 Å². The standard InChI is InChI=1S/C32H39N9O5S/c1-19(2)27-31-39-28(21(4)46-31)30(45)35-20(3)32-37-24(16-47-32)29(44)36-23(13-22-9-6-5-7-10-22)14-40(15-25(42)38-27)26(43)11-8-12-41-18-33-17-34-41/h5-7,9-10,16-20,23,27H,8,11-15H2,1-4H3,(H,35,45)(H,36,44)(H,38,42)/t20-,23-,27+/m1/s1. The summed E-state index contributed by atoms with van der Waals surface area (Å²) in [6.45, 7) is 7.50. The Kier molecular flexibility index (Phi) is 10.8. The van der Waals surface area contributed by atoms with Gasteiger partial charge < -0.3 is 25.3 Å². The molecule has 3 atom stereocenters. The van der Waals surface area contributed by atoms with Gasteiger partial charge in [-0.3, -0.25) is 23.9 Å². The highest BCUT2D eigenvalue weighted by Gasteiger charge is 2.30. The van der Waals surface area contributed by atoms with E-state index in [2.05, 4.69) is 36.0 Å². The lowest BCUT2D eigenvalue weighted by Crippen LogP contribution is -2.50. The van der Waals surface area contributed by atoms with E-state index in [-0.39, 0.29) is 48.6 Å². The molecule has 1 aliphatic rings. The van der Waals surface area contributed by atoms with Crippen molar-refractivity contribution in [2.75, 3.05) is 13.1 Å². The maximum Gasteiger partial charge on any atom is 0.274 e. The molecule has 0 fully saturated rings. The number of amides is 4. The average molecular weight is 662 g/mol.